The zero-order valence-corrected chi connectivity index (χ0v) is 20.3. The van der Waals surface area contributed by atoms with Crippen LogP contribution in [0, 0.1) is 11.7 Å². The van der Waals surface area contributed by atoms with Crippen LogP contribution in [0.2, 0.25) is 0 Å². The maximum atomic E-state index is 14.6. The van der Waals surface area contributed by atoms with Gasteiger partial charge in [-0.25, -0.2) is 14.4 Å². The van der Waals surface area contributed by atoms with Gasteiger partial charge >= 0.3 is 0 Å². The van der Waals surface area contributed by atoms with Crippen molar-refractivity contribution in [2.45, 2.75) is 25.8 Å². The predicted molar refractivity (Wildman–Crippen MR) is 131 cm³/mol. The van der Waals surface area contributed by atoms with E-state index in [1.807, 2.05) is 18.2 Å². The fourth-order valence-electron chi connectivity index (χ4n) is 4.56. The molecule has 2 N–H and O–H groups in total. The highest BCUT2D eigenvalue weighted by molar-refractivity contribution is 5.93. The predicted octanol–water partition coefficient (Wildman–Crippen LogP) is 3.77. The van der Waals surface area contributed by atoms with E-state index in [0.717, 1.165) is 30.9 Å². The second-order valence-electron chi connectivity index (χ2n) is 8.75. The number of hydrogen-bond acceptors (Lipinski definition) is 8. The number of rotatable bonds is 7. The van der Waals surface area contributed by atoms with Gasteiger partial charge in [0.15, 0.2) is 23.0 Å². The minimum absolute atomic E-state index is 0.127. The Morgan fingerprint density at radius 2 is 1.91 bits per heavy atom. The zero-order valence-electron chi connectivity index (χ0n) is 20.3. The number of benzene rings is 2. The highest BCUT2D eigenvalue weighted by Gasteiger charge is 2.28. The van der Waals surface area contributed by atoms with Crippen LogP contribution >= 0.6 is 0 Å². The fourth-order valence-corrected chi connectivity index (χ4v) is 4.56. The Kier molecular flexibility index (Phi) is 6.29. The summed E-state index contributed by atoms with van der Waals surface area (Å²) in [6.07, 6.45) is 1.05. The fraction of sp³-hybridized carbons (Fsp3) is 0.400. The van der Waals surface area contributed by atoms with E-state index in [9.17, 15) is 4.39 Å². The Hall–Kier alpha value is -3.66. The van der Waals surface area contributed by atoms with Crippen molar-refractivity contribution < 1.29 is 18.6 Å². The van der Waals surface area contributed by atoms with E-state index in [4.69, 9.17) is 29.3 Å². The van der Waals surface area contributed by atoms with E-state index in [1.54, 1.807) is 24.8 Å². The average molecular weight is 481 g/mol. The van der Waals surface area contributed by atoms with Crippen LogP contribution in [-0.2, 0) is 6.54 Å². The zero-order chi connectivity index (χ0) is 24.5. The SMILES string of the molecule is COc1ccc(CNc2nc3cc(OC)c(F)cc3c3nc(C4CNCCC4C)nn23)c(OC)c1. The van der Waals surface area contributed by atoms with E-state index in [2.05, 4.69) is 17.6 Å². The number of nitrogens with one attached hydrogen (secondary N) is 2. The van der Waals surface area contributed by atoms with Crippen molar-refractivity contribution in [3.8, 4) is 17.2 Å². The van der Waals surface area contributed by atoms with E-state index in [1.165, 1.54) is 13.2 Å². The van der Waals surface area contributed by atoms with Crippen LogP contribution in [0.25, 0.3) is 16.6 Å². The molecule has 1 aliphatic rings. The van der Waals surface area contributed by atoms with Crippen LogP contribution in [0.5, 0.6) is 17.2 Å². The van der Waals surface area contributed by atoms with Gasteiger partial charge in [-0.3, -0.25) is 0 Å². The monoisotopic (exact) mass is 480 g/mol. The van der Waals surface area contributed by atoms with Crippen molar-refractivity contribution >= 4 is 22.5 Å². The van der Waals surface area contributed by atoms with Gasteiger partial charge in [0.05, 0.1) is 26.8 Å². The normalized spacial score (nSPS) is 18.1. The lowest BCUT2D eigenvalue weighted by atomic mass is 9.87. The highest BCUT2D eigenvalue weighted by atomic mass is 19.1. The summed E-state index contributed by atoms with van der Waals surface area (Å²) in [4.78, 5) is 9.62. The average Bonchev–Trinajstić information content (AvgIpc) is 3.33. The molecule has 4 aromatic rings. The molecule has 184 valence electrons. The number of fused-ring (bicyclic) bond motifs is 3. The minimum atomic E-state index is -0.468. The lowest BCUT2D eigenvalue weighted by molar-refractivity contribution is 0.337. The van der Waals surface area contributed by atoms with Gasteiger partial charge < -0.3 is 24.8 Å². The number of piperidine rings is 1. The second-order valence-corrected chi connectivity index (χ2v) is 8.75. The Balaban J connectivity index is 1.60. The summed E-state index contributed by atoms with van der Waals surface area (Å²) in [5.74, 6) is 2.88. The summed E-state index contributed by atoms with van der Waals surface area (Å²) in [6.45, 7) is 4.43. The Bertz CT molecular complexity index is 1370. The summed E-state index contributed by atoms with van der Waals surface area (Å²) in [5.41, 5.74) is 2.03. The molecule has 0 spiro atoms. The topological polar surface area (TPSA) is 94.8 Å². The molecule has 1 aliphatic heterocycles. The van der Waals surface area contributed by atoms with Gasteiger partial charge in [-0.05, 0) is 37.1 Å². The molecule has 0 aliphatic carbocycles. The summed E-state index contributed by atoms with van der Waals surface area (Å²) in [7, 11) is 4.67. The Labute approximate surface area is 202 Å². The van der Waals surface area contributed by atoms with Crippen LogP contribution < -0.4 is 24.8 Å². The first kappa shape index (κ1) is 23.1. The molecule has 1 saturated heterocycles. The number of aromatic nitrogens is 4. The third-order valence-corrected chi connectivity index (χ3v) is 6.65. The molecule has 2 aromatic carbocycles. The Morgan fingerprint density at radius 1 is 1.09 bits per heavy atom. The maximum Gasteiger partial charge on any atom is 0.226 e. The lowest BCUT2D eigenvalue weighted by Gasteiger charge is -2.27. The van der Waals surface area contributed by atoms with Crippen molar-refractivity contribution in [3.63, 3.8) is 0 Å². The van der Waals surface area contributed by atoms with Crippen LogP contribution in [-0.4, -0.2) is 54.0 Å². The van der Waals surface area contributed by atoms with Crippen molar-refractivity contribution in [1.82, 2.24) is 24.9 Å². The highest BCUT2D eigenvalue weighted by Crippen LogP contribution is 2.32. The van der Waals surface area contributed by atoms with Gasteiger partial charge in [-0.1, -0.05) is 6.92 Å². The van der Waals surface area contributed by atoms with Crippen LogP contribution in [0.15, 0.2) is 30.3 Å². The summed E-state index contributed by atoms with van der Waals surface area (Å²) >= 11 is 0. The largest absolute Gasteiger partial charge is 0.497 e. The van der Waals surface area contributed by atoms with Gasteiger partial charge in [-0.2, -0.15) is 4.52 Å². The van der Waals surface area contributed by atoms with Gasteiger partial charge in [0, 0.05) is 42.1 Å². The number of ether oxygens (including phenoxy) is 3. The van der Waals surface area contributed by atoms with Crippen LogP contribution in [0.3, 0.4) is 0 Å². The van der Waals surface area contributed by atoms with Crippen molar-refractivity contribution in [3.05, 3.63) is 47.5 Å². The minimum Gasteiger partial charge on any atom is -0.497 e. The lowest BCUT2D eigenvalue weighted by Crippen LogP contribution is -2.34. The first-order valence-electron chi connectivity index (χ1n) is 11.6. The second kappa shape index (κ2) is 9.53. The molecule has 35 heavy (non-hydrogen) atoms. The van der Waals surface area contributed by atoms with Gasteiger partial charge in [0.2, 0.25) is 5.95 Å². The number of halogens is 1. The summed E-state index contributed by atoms with van der Waals surface area (Å²) in [5, 5.41) is 12.2. The van der Waals surface area contributed by atoms with Crippen LogP contribution in [0.4, 0.5) is 10.3 Å². The first-order valence-corrected chi connectivity index (χ1v) is 11.6. The standard InChI is InChI=1S/C25H29FN6O3/c1-14-7-8-27-13-18(14)23-30-24-17-10-19(26)22(35-4)11-20(17)29-25(32(24)31-23)28-12-15-5-6-16(33-2)9-21(15)34-3/h5-6,9-11,14,18,27H,7-8,12-13H2,1-4H3,(H,28,29). The molecule has 2 unspecified atom stereocenters. The molecule has 1 fully saturated rings. The van der Waals surface area contributed by atoms with Crippen LogP contribution in [0.1, 0.15) is 30.7 Å². The van der Waals surface area contributed by atoms with E-state index in [-0.39, 0.29) is 11.7 Å². The van der Waals surface area contributed by atoms with Crippen molar-refractivity contribution in [2.24, 2.45) is 5.92 Å². The van der Waals surface area contributed by atoms with Gasteiger partial charge in [0.25, 0.3) is 0 Å². The molecule has 2 atom stereocenters. The molecule has 3 heterocycles. The molecule has 9 nitrogen and oxygen atoms in total. The van der Waals surface area contributed by atoms with Gasteiger partial charge in [-0.15, -0.1) is 5.10 Å². The van der Waals surface area contributed by atoms with Crippen molar-refractivity contribution in [1.29, 1.82) is 0 Å². The molecular formula is C25H29FN6O3. The third kappa shape index (κ3) is 4.29. The number of nitrogens with zero attached hydrogens (tertiary/aromatic N) is 4. The Morgan fingerprint density at radius 3 is 2.66 bits per heavy atom. The molecule has 5 rings (SSSR count). The first-order chi connectivity index (χ1) is 17.0. The van der Waals surface area contributed by atoms with E-state index < -0.39 is 5.82 Å². The number of methoxy groups -OCH3 is 3. The summed E-state index contributed by atoms with van der Waals surface area (Å²) < 4.78 is 32.3. The third-order valence-electron chi connectivity index (χ3n) is 6.65. The molecule has 0 saturated carbocycles. The molecule has 10 heteroatoms. The molecular weight excluding hydrogens is 451 g/mol. The quantitative estimate of drug-likeness (QED) is 0.413. The molecule has 2 aromatic heterocycles. The van der Waals surface area contributed by atoms with E-state index in [0.29, 0.717) is 46.5 Å². The number of anilines is 1. The molecule has 0 amide bonds. The smallest absolute Gasteiger partial charge is 0.226 e. The van der Waals surface area contributed by atoms with Gasteiger partial charge in [0.1, 0.15) is 11.5 Å². The maximum absolute atomic E-state index is 14.6. The molecule has 0 radical (unpaired) electrons. The molecule has 0 bridgehead atoms. The van der Waals surface area contributed by atoms with Crippen molar-refractivity contribution in [2.75, 3.05) is 39.7 Å². The number of hydrogen-bond donors (Lipinski definition) is 2. The van der Waals surface area contributed by atoms with E-state index >= 15 is 0 Å². The summed E-state index contributed by atoms with van der Waals surface area (Å²) in [6, 6.07) is 8.64.